The fourth-order valence-corrected chi connectivity index (χ4v) is 6.88. The van der Waals surface area contributed by atoms with Crippen molar-refractivity contribution in [3.8, 4) is 6.07 Å². The quantitative estimate of drug-likeness (QED) is 0.402. The van der Waals surface area contributed by atoms with Crippen molar-refractivity contribution in [1.82, 2.24) is 4.90 Å². The van der Waals surface area contributed by atoms with Crippen LogP contribution in [-0.2, 0) is 12.8 Å². The molecule has 1 saturated heterocycles. The number of hydrogen-bond acceptors (Lipinski definition) is 3. The Morgan fingerprint density at radius 1 is 1.20 bits per heavy atom. The second-order valence-electron chi connectivity index (χ2n) is 9.49. The molecule has 0 amide bonds. The highest BCUT2D eigenvalue weighted by molar-refractivity contribution is 7.16. The number of nitrogens with zero attached hydrogens (tertiary/aromatic N) is 3. The van der Waals surface area contributed by atoms with Crippen molar-refractivity contribution in [2.45, 2.75) is 78.2 Å². The SMILES string of the molecule is CC1(C)CC2CC(C)(CN2/C=N/c2sc3c(c2C#N)CCCCC3)C1. The molecule has 0 spiro atoms. The number of likely N-dealkylation sites (tertiary alicyclic amines) is 1. The first-order valence-electron chi connectivity index (χ1n) is 9.74. The van der Waals surface area contributed by atoms with E-state index < -0.39 is 0 Å². The van der Waals surface area contributed by atoms with E-state index in [0.29, 0.717) is 16.9 Å². The normalized spacial score (nSPS) is 31.0. The number of rotatable bonds is 2. The molecule has 1 aromatic rings. The molecule has 2 fully saturated rings. The molecule has 2 atom stereocenters. The number of hydrogen-bond donors (Lipinski definition) is 0. The lowest BCUT2D eigenvalue weighted by atomic mass is 9.65. The van der Waals surface area contributed by atoms with Crippen LogP contribution in [0.2, 0.25) is 0 Å². The van der Waals surface area contributed by atoms with Gasteiger partial charge in [-0.3, -0.25) is 0 Å². The lowest BCUT2D eigenvalue weighted by Gasteiger charge is -2.39. The molecular weight excluding hydrogens is 326 g/mol. The Balaban J connectivity index is 1.58. The summed E-state index contributed by atoms with van der Waals surface area (Å²) in [5.74, 6) is 0. The van der Waals surface area contributed by atoms with Crippen LogP contribution in [0.1, 0.15) is 75.3 Å². The van der Waals surface area contributed by atoms with Crippen LogP contribution in [0.5, 0.6) is 0 Å². The van der Waals surface area contributed by atoms with Crippen molar-refractivity contribution in [3.63, 3.8) is 0 Å². The molecule has 2 heterocycles. The van der Waals surface area contributed by atoms with Crippen LogP contribution in [0.4, 0.5) is 5.00 Å². The van der Waals surface area contributed by atoms with Crippen LogP contribution >= 0.6 is 11.3 Å². The average Bonchev–Trinajstić information content (AvgIpc) is 2.86. The first-order chi connectivity index (χ1) is 11.9. The van der Waals surface area contributed by atoms with Crippen LogP contribution in [0.15, 0.2) is 4.99 Å². The predicted octanol–water partition coefficient (Wildman–Crippen LogP) is 5.45. The summed E-state index contributed by atoms with van der Waals surface area (Å²) >= 11 is 1.76. The Labute approximate surface area is 155 Å². The largest absolute Gasteiger partial charge is 0.359 e. The topological polar surface area (TPSA) is 39.4 Å². The van der Waals surface area contributed by atoms with Gasteiger partial charge in [0.1, 0.15) is 11.1 Å². The van der Waals surface area contributed by atoms with Crippen molar-refractivity contribution in [1.29, 1.82) is 5.26 Å². The van der Waals surface area contributed by atoms with E-state index in [1.165, 1.54) is 49.0 Å². The van der Waals surface area contributed by atoms with Gasteiger partial charge in [-0.25, -0.2) is 4.99 Å². The smallest absolute Gasteiger partial charge is 0.136 e. The van der Waals surface area contributed by atoms with E-state index in [4.69, 9.17) is 4.99 Å². The van der Waals surface area contributed by atoms with Crippen LogP contribution in [0.25, 0.3) is 0 Å². The molecule has 4 heteroatoms. The summed E-state index contributed by atoms with van der Waals surface area (Å²) in [6.07, 6.45) is 11.8. The van der Waals surface area contributed by atoms with Crippen molar-refractivity contribution in [2.75, 3.05) is 6.54 Å². The second kappa shape index (κ2) is 6.13. The van der Waals surface area contributed by atoms with Gasteiger partial charge in [0.15, 0.2) is 0 Å². The van der Waals surface area contributed by atoms with E-state index in [2.05, 4.69) is 38.1 Å². The summed E-state index contributed by atoms with van der Waals surface area (Å²) in [4.78, 5) is 8.70. The van der Waals surface area contributed by atoms with Crippen LogP contribution < -0.4 is 0 Å². The molecule has 25 heavy (non-hydrogen) atoms. The van der Waals surface area contributed by atoms with Crippen LogP contribution in [-0.4, -0.2) is 23.8 Å². The van der Waals surface area contributed by atoms with E-state index in [0.717, 1.165) is 30.0 Å². The van der Waals surface area contributed by atoms with Crippen molar-refractivity contribution < 1.29 is 0 Å². The predicted molar refractivity (Wildman–Crippen MR) is 105 cm³/mol. The minimum absolute atomic E-state index is 0.420. The second-order valence-corrected chi connectivity index (χ2v) is 10.6. The van der Waals surface area contributed by atoms with Gasteiger partial charge >= 0.3 is 0 Å². The molecule has 2 unspecified atom stereocenters. The molecule has 2 aliphatic carbocycles. The molecule has 1 aliphatic heterocycles. The Kier molecular flexibility index (Phi) is 4.19. The minimum Gasteiger partial charge on any atom is -0.359 e. The number of nitriles is 1. The van der Waals surface area contributed by atoms with Gasteiger partial charge < -0.3 is 4.90 Å². The highest BCUT2D eigenvalue weighted by Gasteiger charge is 2.48. The third kappa shape index (κ3) is 3.24. The highest BCUT2D eigenvalue weighted by atomic mass is 32.1. The molecule has 2 bridgehead atoms. The molecule has 0 aromatic carbocycles. The Bertz CT molecular complexity index is 739. The monoisotopic (exact) mass is 355 g/mol. The fraction of sp³-hybridized carbons (Fsp3) is 0.714. The molecule has 3 aliphatic rings. The van der Waals surface area contributed by atoms with Crippen LogP contribution in [0.3, 0.4) is 0 Å². The lowest BCUT2D eigenvalue weighted by molar-refractivity contribution is 0.133. The van der Waals surface area contributed by atoms with Gasteiger partial charge in [-0.2, -0.15) is 5.26 Å². The maximum atomic E-state index is 9.68. The van der Waals surface area contributed by atoms with Gasteiger partial charge in [-0.05, 0) is 61.3 Å². The third-order valence-electron chi connectivity index (χ3n) is 6.29. The summed E-state index contributed by atoms with van der Waals surface area (Å²) in [7, 11) is 0. The summed E-state index contributed by atoms with van der Waals surface area (Å²) < 4.78 is 0. The number of fused-ring (bicyclic) bond motifs is 3. The van der Waals surface area contributed by atoms with Crippen LogP contribution in [0, 0.1) is 22.2 Å². The first kappa shape index (κ1) is 17.1. The van der Waals surface area contributed by atoms with Gasteiger partial charge in [-0.15, -0.1) is 11.3 Å². The Morgan fingerprint density at radius 2 is 2.00 bits per heavy atom. The van der Waals surface area contributed by atoms with E-state index in [9.17, 15) is 5.26 Å². The van der Waals surface area contributed by atoms with Gasteiger partial charge in [0.2, 0.25) is 0 Å². The summed E-state index contributed by atoms with van der Waals surface area (Å²) in [5, 5.41) is 10.6. The fourth-order valence-electron chi connectivity index (χ4n) is 5.70. The molecule has 0 radical (unpaired) electrons. The summed E-state index contributed by atoms with van der Waals surface area (Å²) in [6, 6.07) is 3.06. The number of aryl methyl sites for hydroxylation is 1. The lowest BCUT2D eigenvalue weighted by Crippen LogP contribution is -2.34. The Hall–Kier alpha value is -1.34. The van der Waals surface area contributed by atoms with E-state index >= 15 is 0 Å². The van der Waals surface area contributed by atoms with Crippen molar-refractivity contribution >= 4 is 22.7 Å². The average molecular weight is 356 g/mol. The molecule has 134 valence electrons. The summed E-state index contributed by atoms with van der Waals surface area (Å²) in [6.45, 7) is 8.35. The minimum atomic E-state index is 0.420. The van der Waals surface area contributed by atoms with E-state index in [-0.39, 0.29) is 0 Å². The van der Waals surface area contributed by atoms with Crippen molar-refractivity contribution in [2.24, 2.45) is 15.8 Å². The highest BCUT2D eigenvalue weighted by Crippen LogP contribution is 2.52. The van der Waals surface area contributed by atoms with Gasteiger partial charge in [-0.1, -0.05) is 27.2 Å². The molecule has 0 N–H and O–H groups in total. The van der Waals surface area contributed by atoms with E-state index in [1.54, 1.807) is 11.3 Å². The third-order valence-corrected chi connectivity index (χ3v) is 7.49. The number of thiophene rings is 1. The van der Waals surface area contributed by atoms with Gasteiger partial charge in [0, 0.05) is 17.5 Å². The zero-order valence-corrected chi connectivity index (χ0v) is 16.6. The maximum Gasteiger partial charge on any atom is 0.136 e. The molecular formula is C21H29N3S. The van der Waals surface area contributed by atoms with E-state index in [1.807, 2.05) is 0 Å². The van der Waals surface area contributed by atoms with Gasteiger partial charge in [0.05, 0.1) is 11.9 Å². The molecule has 1 aromatic heterocycles. The first-order valence-corrected chi connectivity index (χ1v) is 10.6. The summed E-state index contributed by atoms with van der Waals surface area (Å²) in [5.41, 5.74) is 3.00. The maximum absolute atomic E-state index is 9.68. The number of aliphatic imine (C=N–C) groups is 1. The Morgan fingerprint density at radius 3 is 2.80 bits per heavy atom. The van der Waals surface area contributed by atoms with Gasteiger partial charge in [0.25, 0.3) is 0 Å². The van der Waals surface area contributed by atoms with Crippen molar-refractivity contribution in [3.05, 3.63) is 16.0 Å². The zero-order valence-electron chi connectivity index (χ0n) is 15.8. The standard InChI is InChI=1S/C21H29N3S/c1-20(2)9-15-10-21(3,12-20)13-24(15)14-23-19-17(11-22)16-7-5-4-6-8-18(16)25-19/h14-15H,4-10,12-13H2,1-3H3/b23-14+. The molecule has 3 nitrogen and oxygen atoms in total. The zero-order chi connectivity index (χ0) is 17.7. The molecule has 4 rings (SSSR count). The molecule has 1 saturated carbocycles.